The minimum Gasteiger partial charge on any atom is -0.309 e. The number of hydrogen-bond acceptors (Lipinski definition) is 6. The van der Waals surface area contributed by atoms with Gasteiger partial charge in [-0.3, -0.25) is 4.72 Å². The fourth-order valence-electron chi connectivity index (χ4n) is 2.06. The van der Waals surface area contributed by atoms with E-state index in [4.69, 9.17) is 0 Å². The molecule has 21 heavy (non-hydrogen) atoms. The normalized spacial score (nSPS) is 15.3. The summed E-state index contributed by atoms with van der Waals surface area (Å²) < 4.78 is 27.8. The van der Waals surface area contributed by atoms with Crippen LogP contribution in [-0.4, -0.2) is 19.4 Å². The Hall–Kier alpha value is -0.960. The first-order chi connectivity index (χ1) is 9.95. The van der Waals surface area contributed by atoms with Crippen LogP contribution in [0.15, 0.2) is 15.7 Å². The number of aromatic nitrogens is 1. The van der Waals surface area contributed by atoms with E-state index in [1.807, 2.05) is 24.6 Å². The van der Waals surface area contributed by atoms with Crippen molar-refractivity contribution in [2.45, 2.75) is 44.2 Å². The Morgan fingerprint density at radius 3 is 2.67 bits per heavy atom. The van der Waals surface area contributed by atoms with Crippen molar-refractivity contribution >= 4 is 37.8 Å². The van der Waals surface area contributed by atoms with E-state index in [0.29, 0.717) is 22.6 Å². The van der Waals surface area contributed by atoms with Crippen molar-refractivity contribution in [3.8, 4) is 0 Å². The third kappa shape index (κ3) is 3.45. The van der Waals surface area contributed by atoms with Gasteiger partial charge in [-0.15, -0.1) is 22.7 Å². The first kappa shape index (κ1) is 15.0. The number of aryl methyl sites for hydroxylation is 2. The maximum absolute atomic E-state index is 12.6. The summed E-state index contributed by atoms with van der Waals surface area (Å²) in [6.45, 7) is 4.28. The number of thiazole rings is 1. The molecule has 0 atom stereocenters. The molecule has 1 fully saturated rings. The van der Waals surface area contributed by atoms with Crippen molar-refractivity contribution in [1.82, 2.24) is 10.3 Å². The van der Waals surface area contributed by atoms with Crippen LogP contribution >= 0.6 is 22.7 Å². The molecule has 3 rings (SSSR count). The fraction of sp³-hybridized carbons (Fsp3) is 0.462. The van der Waals surface area contributed by atoms with Crippen molar-refractivity contribution < 1.29 is 8.42 Å². The maximum atomic E-state index is 12.6. The van der Waals surface area contributed by atoms with Gasteiger partial charge in [0.15, 0.2) is 5.13 Å². The van der Waals surface area contributed by atoms with Crippen LogP contribution in [0.1, 0.15) is 29.0 Å². The molecule has 2 aromatic heterocycles. The Balaban J connectivity index is 1.84. The van der Waals surface area contributed by atoms with Crippen molar-refractivity contribution in [3.63, 3.8) is 0 Å². The first-order valence-corrected chi connectivity index (χ1v) is 9.95. The van der Waals surface area contributed by atoms with E-state index in [2.05, 4.69) is 15.0 Å². The summed E-state index contributed by atoms with van der Waals surface area (Å²) in [6.07, 6.45) is 2.37. The molecule has 0 radical (unpaired) electrons. The molecule has 0 saturated heterocycles. The summed E-state index contributed by atoms with van der Waals surface area (Å²) in [7, 11) is -3.58. The van der Waals surface area contributed by atoms with E-state index in [0.717, 1.165) is 16.1 Å². The summed E-state index contributed by atoms with van der Waals surface area (Å²) in [5.74, 6) is 0. The second-order valence-corrected chi connectivity index (χ2v) is 8.67. The number of sulfonamides is 1. The van der Waals surface area contributed by atoms with Gasteiger partial charge in [0.05, 0.1) is 5.69 Å². The lowest BCUT2D eigenvalue weighted by Crippen LogP contribution is -2.19. The molecule has 0 spiro atoms. The van der Waals surface area contributed by atoms with Crippen molar-refractivity contribution in [3.05, 3.63) is 26.9 Å². The van der Waals surface area contributed by atoms with Crippen LogP contribution in [0, 0.1) is 13.8 Å². The molecule has 1 aliphatic carbocycles. The first-order valence-electron chi connectivity index (χ1n) is 6.71. The molecule has 0 unspecified atom stereocenters. The van der Waals surface area contributed by atoms with Gasteiger partial charge in [0.1, 0.15) is 4.90 Å². The highest BCUT2D eigenvalue weighted by Gasteiger charge is 2.26. The number of nitrogens with one attached hydrogen (secondary N) is 2. The van der Waals surface area contributed by atoms with Crippen LogP contribution in [0.5, 0.6) is 0 Å². The highest BCUT2D eigenvalue weighted by Crippen LogP contribution is 2.30. The van der Waals surface area contributed by atoms with Gasteiger partial charge in [0.2, 0.25) is 0 Å². The molecule has 0 aromatic carbocycles. The van der Waals surface area contributed by atoms with E-state index in [1.54, 1.807) is 0 Å². The van der Waals surface area contributed by atoms with Crippen LogP contribution in [0.3, 0.4) is 0 Å². The van der Waals surface area contributed by atoms with Gasteiger partial charge in [0.25, 0.3) is 10.0 Å². The molecule has 1 aliphatic rings. The smallest absolute Gasteiger partial charge is 0.265 e. The van der Waals surface area contributed by atoms with Crippen molar-refractivity contribution in [2.24, 2.45) is 0 Å². The van der Waals surface area contributed by atoms with Gasteiger partial charge in [-0.1, -0.05) is 0 Å². The van der Waals surface area contributed by atoms with E-state index in [1.165, 1.54) is 35.5 Å². The molecule has 2 N–H and O–H groups in total. The summed E-state index contributed by atoms with van der Waals surface area (Å²) >= 11 is 2.79. The monoisotopic (exact) mass is 343 g/mol. The second kappa shape index (κ2) is 5.68. The van der Waals surface area contributed by atoms with E-state index in [9.17, 15) is 8.42 Å². The van der Waals surface area contributed by atoms with Gasteiger partial charge in [-0.2, -0.15) is 0 Å². The van der Waals surface area contributed by atoms with Crippen molar-refractivity contribution in [1.29, 1.82) is 0 Å². The lowest BCUT2D eigenvalue weighted by Gasteiger charge is -2.08. The lowest BCUT2D eigenvalue weighted by atomic mass is 10.3. The summed E-state index contributed by atoms with van der Waals surface area (Å²) in [6, 6.07) is 0.553. The predicted octanol–water partition coefficient (Wildman–Crippen LogP) is 2.87. The molecule has 0 amide bonds. The molecule has 2 heterocycles. The van der Waals surface area contributed by atoms with Crippen molar-refractivity contribution in [2.75, 3.05) is 4.72 Å². The fourth-order valence-corrected chi connectivity index (χ4v) is 5.77. The molecule has 0 aliphatic heterocycles. The summed E-state index contributed by atoms with van der Waals surface area (Å²) in [5.41, 5.74) is 1.60. The summed E-state index contributed by atoms with van der Waals surface area (Å²) in [4.78, 5) is 5.42. The van der Waals surface area contributed by atoms with Gasteiger partial charge >= 0.3 is 0 Å². The molecule has 114 valence electrons. The molecule has 1 saturated carbocycles. The van der Waals surface area contributed by atoms with Crippen LogP contribution in [0.4, 0.5) is 5.13 Å². The van der Waals surface area contributed by atoms with Crippen LogP contribution < -0.4 is 10.0 Å². The Kier molecular flexibility index (Phi) is 4.04. The average Bonchev–Trinajstić information content (AvgIpc) is 3.04. The number of hydrogen-bond donors (Lipinski definition) is 2. The van der Waals surface area contributed by atoms with Gasteiger partial charge in [-0.25, -0.2) is 13.4 Å². The molecule has 5 nitrogen and oxygen atoms in total. The highest BCUT2D eigenvalue weighted by molar-refractivity contribution is 7.93. The van der Waals surface area contributed by atoms with Gasteiger partial charge < -0.3 is 5.32 Å². The standard InChI is InChI=1S/C13H17N3O2S3/c1-8-6-19-11(5-14-10-3-4-10)12(8)21(17,18)16-13-15-9(2)7-20-13/h6-7,10,14H,3-5H2,1-2H3,(H,15,16). The van der Waals surface area contributed by atoms with Crippen LogP contribution in [-0.2, 0) is 16.6 Å². The molecule has 2 aromatic rings. The third-order valence-corrected chi connectivity index (χ3v) is 7.03. The second-order valence-electron chi connectivity index (χ2n) is 5.23. The number of thiophene rings is 1. The van der Waals surface area contributed by atoms with Crippen LogP contribution in [0.2, 0.25) is 0 Å². The molecular formula is C13H17N3O2S3. The van der Waals surface area contributed by atoms with E-state index >= 15 is 0 Å². The predicted molar refractivity (Wildman–Crippen MR) is 86.6 cm³/mol. The van der Waals surface area contributed by atoms with Gasteiger partial charge in [0, 0.05) is 22.8 Å². The van der Waals surface area contributed by atoms with Crippen LogP contribution in [0.25, 0.3) is 0 Å². The summed E-state index contributed by atoms with van der Waals surface area (Å²) in [5, 5.41) is 7.51. The molecule has 0 bridgehead atoms. The lowest BCUT2D eigenvalue weighted by molar-refractivity contribution is 0.598. The average molecular weight is 343 g/mol. The minimum absolute atomic E-state index is 0.397. The Labute approximate surface area is 132 Å². The molecular weight excluding hydrogens is 326 g/mol. The van der Waals surface area contributed by atoms with E-state index in [-0.39, 0.29) is 0 Å². The SMILES string of the molecule is Cc1csc(NS(=O)(=O)c2c(C)csc2CNC2CC2)n1. The Bertz CT molecular complexity index is 745. The third-order valence-electron chi connectivity index (χ3n) is 3.23. The number of nitrogens with zero attached hydrogens (tertiary/aromatic N) is 1. The Morgan fingerprint density at radius 2 is 2.05 bits per heavy atom. The minimum atomic E-state index is -3.58. The zero-order valence-corrected chi connectivity index (χ0v) is 14.3. The quantitative estimate of drug-likeness (QED) is 0.846. The number of anilines is 1. The van der Waals surface area contributed by atoms with Gasteiger partial charge in [-0.05, 0) is 37.6 Å². The zero-order valence-electron chi connectivity index (χ0n) is 11.8. The Morgan fingerprint density at radius 1 is 1.29 bits per heavy atom. The maximum Gasteiger partial charge on any atom is 0.265 e. The highest BCUT2D eigenvalue weighted by atomic mass is 32.2. The van der Waals surface area contributed by atoms with E-state index < -0.39 is 10.0 Å². The number of rotatable bonds is 6. The topological polar surface area (TPSA) is 71.1 Å². The molecule has 8 heteroatoms. The largest absolute Gasteiger partial charge is 0.309 e. The zero-order chi connectivity index (χ0) is 15.0.